The Hall–Kier alpha value is -1.59. The Kier molecular flexibility index (Phi) is 4.70. The van der Waals surface area contributed by atoms with E-state index < -0.39 is 0 Å². The highest BCUT2D eigenvalue weighted by Gasteiger charge is 2.46. The van der Waals surface area contributed by atoms with Crippen LogP contribution in [-0.4, -0.2) is 53.3 Å². The molecule has 2 saturated heterocycles. The van der Waals surface area contributed by atoms with Crippen LogP contribution in [0.25, 0.3) is 0 Å². The molecule has 5 nitrogen and oxygen atoms in total. The van der Waals surface area contributed by atoms with Crippen LogP contribution in [0.4, 0.5) is 0 Å². The number of nitrogens with two attached hydrogens (primary N) is 1. The minimum atomic E-state index is -0.217. The summed E-state index contributed by atoms with van der Waals surface area (Å²) in [4.78, 5) is 28.9. The molecule has 0 unspecified atom stereocenters. The van der Waals surface area contributed by atoms with Gasteiger partial charge in [-0.15, -0.1) is 0 Å². The topological polar surface area (TPSA) is 66.6 Å². The first-order valence-electron chi connectivity index (χ1n) is 9.60. The normalized spacial score (nSPS) is 32.1. The number of nitrogens with zero attached hydrogens (tertiary/aromatic N) is 2. The number of amides is 2. The summed E-state index contributed by atoms with van der Waals surface area (Å²) in [6, 6.07) is 7.90. The lowest BCUT2D eigenvalue weighted by atomic mass is 9.68. The molecule has 2 aliphatic heterocycles. The van der Waals surface area contributed by atoms with Gasteiger partial charge in [0.15, 0.2) is 0 Å². The zero-order valence-electron chi connectivity index (χ0n) is 15.0. The summed E-state index contributed by atoms with van der Waals surface area (Å²) in [5.74, 6) is 0.257. The zero-order chi connectivity index (χ0) is 18.3. The molecule has 1 aliphatic carbocycles. The first-order chi connectivity index (χ1) is 12.5. The van der Waals surface area contributed by atoms with Gasteiger partial charge in [0.05, 0.1) is 0 Å². The third-order valence-corrected chi connectivity index (χ3v) is 6.86. The van der Waals surface area contributed by atoms with E-state index in [4.69, 9.17) is 17.3 Å². The van der Waals surface area contributed by atoms with Gasteiger partial charge in [0.25, 0.3) is 0 Å². The van der Waals surface area contributed by atoms with Crippen molar-refractivity contribution in [2.75, 3.05) is 19.6 Å². The largest absolute Gasteiger partial charge is 0.330 e. The second-order valence-corrected chi connectivity index (χ2v) is 8.37. The number of benzene rings is 1. The van der Waals surface area contributed by atoms with Crippen molar-refractivity contribution in [2.45, 2.75) is 56.0 Å². The van der Waals surface area contributed by atoms with E-state index in [1.165, 1.54) is 5.56 Å². The lowest BCUT2D eigenvalue weighted by Gasteiger charge is -2.46. The number of carbonyl (C=O) groups is 2. The Morgan fingerprint density at radius 1 is 1.15 bits per heavy atom. The first-order valence-corrected chi connectivity index (χ1v) is 9.98. The highest BCUT2D eigenvalue weighted by Crippen LogP contribution is 2.41. The van der Waals surface area contributed by atoms with Gasteiger partial charge in [0.1, 0.15) is 12.6 Å². The van der Waals surface area contributed by atoms with Crippen LogP contribution in [0.1, 0.15) is 44.1 Å². The van der Waals surface area contributed by atoms with E-state index in [1.807, 2.05) is 23.1 Å². The fourth-order valence-corrected chi connectivity index (χ4v) is 5.22. The number of halogens is 1. The molecule has 2 N–H and O–H groups in total. The van der Waals surface area contributed by atoms with Crippen molar-refractivity contribution >= 4 is 23.4 Å². The Balaban J connectivity index is 1.49. The van der Waals surface area contributed by atoms with Gasteiger partial charge >= 0.3 is 0 Å². The van der Waals surface area contributed by atoms with Crippen molar-refractivity contribution < 1.29 is 9.59 Å². The molecule has 26 heavy (non-hydrogen) atoms. The number of hydrogen-bond donors (Lipinski definition) is 1. The molecule has 2 heterocycles. The van der Waals surface area contributed by atoms with Gasteiger partial charge in [-0.05, 0) is 56.2 Å². The fourth-order valence-electron chi connectivity index (χ4n) is 5.03. The number of hydrogen-bond acceptors (Lipinski definition) is 3. The molecule has 0 bridgehead atoms. The average molecular weight is 376 g/mol. The monoisotopic (exact) mass is 375 g/mol. The minimum Gasteiger partial charge on any atom is -0.330 e. The Morgan fingerprint density at radius 3 is 2.62 bits per heavy atom. The molecule has 2 amide bonds. The first kappa shape index (κ1) is 17.8. The van der Waals surface area contributed by atoms with Crippen LogP contribution in [0.15, 0.2) is 24.3 Å². The van der Waals surface area contributed by atoms with E-state index in [0.717, 1.165) is 50.1 Å². The van der Waals surface area contributed by atoms with Gasteiger partial charge in [0, 0.05) is 29.6 Å². The predicted octanol–water partition coefficient (Wildman–Crippen LogP) is 2.31. The third kappa shape index (κ3) is 2.91. The predicted molar refractivity (Wildman–Crippen MR) is 101 cm³/mol. The molecule has 1 aromatic carbocycles. The Labute approximate surface area is 159 Å². The summed E-state index contributed by atoms with van der Waals surface area (Å²) in [6.45, 7) is 1.55. The Bertz CT molecular complexity index is 715. The quantitative estimate of drug-likeness (QED) is 0.881. The highest BCUT2D eigenvalue weighted by atomic mass is 35.5. The molecular weight excluding hydrogens is 350 g/mol. The van der Waals surface area contributed by atoms with Crippen LogP contribution in [0.3, 0.4) is 0 Å². The Morgan fingerprint density at radius 2 is 1.92 bits per heavy atom. The van der Waals surface area contributed by atoms with Crippen LogP contribution in [0.2, 0.25) is 5.02 Å². The van der Waals surface area contributed by atoms with Crippen LogP contribution in [0.5, 0.6) is 0 Å². The molecule has 3 fully saturated rings. The lowest BCUT2D eigenvalue weighted by molar-refractivity contribution is -0.156. The molecular formula is C20H26ClN3O2. The second kappa shape index (κ2) is 6.86. The summed E-state index contributed by atoms with van der Waals surface area (Å²) in [5, 5.41) is 0.732. The number of piperazine rings is 1. The lowest BCUT2D eigenvalue weighted by Crippen LogP contribution is -2.61. The van der Waals surface area contributed by atoms with E-state index in [9.17, 15) is 9.59 Å². The molecule has 1 atom stereocenters. The van der Waals surface area contributed by atoms with E-state index in [1.54, 1.807) is 4.90 Å². The molecule has 0 radical (unpaired) electrons. The molecule has 140 valence electrons. The van der Waals surface area contributed by atoms with Gasteiger partial charge < -0.3 is 15.5 Å². The number of fused-ring (bicyclic) bond motifs is 1. The van der Waals surface area contributed by atoms with E-state index in [2.05, 4.69) is 6.07 Å². The molecule has 0 aromatic heterocycles. The van der Waals surface area contributed by atoms with Crippen molar-refractivity contribution in [2.24, 2.45) is 5.73 Å². The van der Waals surface area contributed by atoms with Crippen LogP contribution in [-0.2, 0) is 15.0 Å². The molecule has 0 spiro atoms. The average Bonchev–Trinajstić information content (AvgIpc) is 3.16. The SMILES string of the molecule is NC[C@]1(c2cccc(Cl)c2)CC[C@H](N2CC(=O)N3CCC[C@H]3C2=O)CC1. The van der Waals surface area contributed by atoms with Crippen molar-refractivity contribution in [1.29, 1.82) is 0 Å². The smallest absolute Gasteiger partial charge is 0.246 e. The molecule has 4 rings (SSSR count). The molecule has 1 aromatic rings. The van der Waals surface area contributed by atoms with E-state index in [0.29, 0.717) is 6.54 Å². The van der Waals surface area contributed by atoms with Crippen molar-refractivity contribution in [3.05, 3.63) is 34.9 Å². The van der Waals surface area contributed by atoms with Crippen LogP contribution >= 0.6 is 11.6 Å². The van der Waals surface area contributed by atoms with Gasteiger partial charge in [-0.25, -0.2) is 0 Å². The maximum absolute atomic E-state index is 12.9. The second-order valence-electron chi connectivity index (χ2n) is 7.94. The maximum Gasteiger partial charge on any atom is 0.246 e. The zero-order valence-corrected chi connectivity index (χ0v) is 15.8. The van der Waals surface area contributed by atoms with E-state index in [-0.39, 0.29) is 35.9 Å². The summed E-state index contributed by atoms with van der Waals surface area (Å²) in [6.07, 6.45) is 5.35. The standard InChI is InChI=1S/C20H26ClN3O2/c21-15-4-1-3-14(11-15)20(13-22)8-6-16(7-9-20)24-12-18(25)23-10-2-5-17(23)19(24)26/h1,3-4,11,16-17H,2,5-10,12-13,22H2/t16-,17-,20-/m0/s1. The summed E-state index contributed by atoms with van der Waals surface area (Å²) in [5.41, 5.74) is 7.29. The number of rotatable bonds is 3. The molecule has 6 heteroatoms. The number of carbonyl (C=O) groups excluding carboxylic acids is 2. The molecule has 3 aliphatic rings. The van der Waals surface area contributed by atoms with Gasteiger partial charge in [-0.3, -0.25) is 9.59 Å². The van der Waals surface area contributed by atoms with Crippen molar-refractivity contribution in [3.63, 3.8) is 0 Å². The van der Waals surface area contributed by atoms with E-state index >= 15 is 0 Å². The third-order valence-electron chi connectivity index (χ3n) is 6.63. The summed E-state index contributed by atoms with van der Waals surface area (Å²) < 4.78 is 0. The van der Waals surface area contributed by atoms with Crippen molar-refractivity contribution in [1.82, 2.24) is 9.80 Å². The van der Waals surface area contributed by atoms with Crippen LogP contribution in [0, 0.1) is 0 Å². The summed E-state index contributed by atoms with van der Waals surface area (Å²) in [7, 11) is 0. The maximum atomic E-state index is 12.9. The van der Waals surface area contributed by atoms with Crippen LogP contribution < -0.4 is 5.73 Å². The highest BCUT2D eigenvalue weighted by molar-refractivity contribution is 6.30. The summed E-state index contributed by atoms with van der Waals surface area (Å²) >= 11 is 6.18. The van der Waals surface area contributed by atoms with Gasteiger partial charge in [-0.2, -0.15) is 0 Å². The van der Waals surface area contributed by atoms with Gasteiger partial charge in [-0.1, -0.05) is 23.7 Å². The van der Waals surface area contributed by atoms with Crippen molar-refractivity contribution in [3.8, 4) is 0 Å². The van der Waals surface area contributed by atoms with Gasteiger partial charge in [0.2, 0.25) is 11.8 Å². The minimum absolute atomic E-state index is 0.0797. The fraction of sp³-hybridized carbons (Fsp3) is 0.600. The molecule has 1 saturated carbocycles.